The van der Waals surface area contributed by atoms with Gasteiger partial charge in [0.15, 0.2) is 24.8 Å². The van der Waals surface area contributed by atoms with E-state index in [0.717, 1.165) is 7.11 Å². The van der Waals surface area contributed by atoms with E-state index >= 15 is 0 Å². The van der Waals surface area contributed by atoms with Gasteiger partial charge in [-0.1, -0.05) is 132 Å². The molecule has 2 aliphatic heterocycles. The van der Waals surface area contributed by atoms with Crippen LogP contribution in [-0.4, -0.2) is 115 Å². The first-order chi connectivity index (χ1) is 29.9. The maximum atomic E-state index is 13.8. The van der Waals surface area contributed by atoms with Gasteiger partial charge in [0, 0.05) is 7.11 Å². The molecular weight excluding hydrogens is 873 g/mol. The van der Waals surface area contributed by atoms with Gasteiger partial charge in [-0.3, -0.25) is 4.79 Å². The van der Waals surface area contributed by atoms with Gasteiger partial charge in [0.1, 0.15) is 43.2 Å². The zero-order valence-corrected chi connectivity index (χ0v) is 35.6. The van der Waals surface area contributed by atoms with Crippen molar-refractivity contribution in [3.8, 4) is 0 Å². The molecule has 4 aromatic rings. The smallest absolute Gasteiger partial charge is 0.338 e. The van der Waals surface area contributed by atoms with Gasteiger partial charge in [-0.2, -0.15) is 0 Å². The van der Waals surface area contributed by atoms with Crippen molar-refractivity contribution < 1.29 is 66.9 Å². The molecule has 2 saturated heterocycles. The number of rotatable bonds is 16. The molecule has 15 nitrogen and oxygen atoms in total. The van der Waals surface area contributed by atoms with Gasteiger partial charge in [-0.05, 0) is 35.4 Å². The Morgan fingerprint density at radius 3 is 1.69 bits per heavy atom. The Kier molecular flexibility index (Phi) is 16.7. The molecule has 1 amide bonds. The van der Waals surface area contributed by atoms with Crippen LogP contribution < -0.4 is 5.32 Å². The fraction of sp³-hybridized carbons (Fsp3) is 0.364. The topological polar surface area (TPSA) is 184 Å². The number of carbonyl (C=O) groups excluding carboxylic acids is 4. The van der Waals surface area contributed by atoms with Crippen LogP contribution in [0.1, 0.15) is 31.8 Å². The third-order valence-electron chi connectivity index (χ3n) is 9.89. The molecule has 18 heteroatoms. The van der Waals surface area contributed by atoms with Crippen LogP contribution in [0.2, 0.25) is 0 Å². The van der Waals surface area contributed by atoms with E-state index in [0.29, 0.717) is 11.1 Å². The van der Waals surface area contributed by atoms with Crippen molar-refractivity contribution in [3.05, 3.63) is 144 Å². The summed E-state index contributed by atoms with van der Waals surface area (Å²) in [6.07, 6.45) is -13.9. The van der Waals surface area contributed by atoms with E-state index in [1.165, 1.54) is 19.2 Å². The third kappa shape index (κ3) is 12.1. The Morgan fingerprint density at radius 1 is 0.661 bits per heavy atom. The average molecular weight is 917 g/mol. The Bertz CT molecular complexity index is 2060. The highest BCUT2D eigenvalue weighted by Crippen LogP contribution is 2.36. The van der Waals surface area contributed by atoms with Crippen molar-refractivity contribution in [2.75, 3.05) is 20.8 Å². The average Bonchev–Trinajstić information content (AvgIpc) is 3.29. The second-order valence-electron chi connectivity index (χ2n) is 14.0. The van der Waals surface area contributed by atoms with Crippen LogP contribution in [0.3, 0.4) is 0 Å². The SMILES string of the molecule is COC(=O)[C@H]1O[C@@H](O[C@@H]2[C@@H](NC(=O)C(Cl)(Cl)Cl)[C@H](OC)O[C@H](COC(=O)c3ccccc3)[C@@H]2OCc2ccccc2)[C@H](OC(=O)c2ccccc2)[C@@H](OCc2ccccc2)[C@@H]1O. The first kappa shape index (κ1) is 46.8. The van der Waals surface area contributed by atoms with Gasteiger partial charge >= 0.3 is 17.9 Å². The molecule has 0 aliphatic carbocycles. The largest absolute Gasteiger partial charge is 0.467 e. The van der Waals surface area contributed by atoms with Crippen molar-refractivity contribution in [1.29, 1.82) is 0 Å². The minimum absolute atomic E-state index is 0.0785. The Labute approximate surface area is 372 Å². The van der Waals surface area contributed by atoms with Gasteiger partial charge in [0.05, 0.1) is 31.5 Å². The van der Waals surface area contributed by atoms with Crippen LogP contribution in [0.5, 0.6) is 0 Å². The summed E-state index contributed by atoms with van der Waals surface area (Å²) in [6.45, 7) is -0.641. The van der Waals surface area contributed by atoms with E-state index in [2.05, 4.69) is 5.32 Å². The monoisotopic (exact) mass is 915 g/mol. The second kappa shape index (κ2) is 22.1. The molecule has 0 bridgehead atoms. The number of nitrogens with one attached hydrogen (secondary N) is 1. The summed E-state index contributed by atoms with van der Waals surface area (Å²) in [4.78, 5) is 53.8. The minimum Gasteiger partial charge on any atom is -0.467 e. The van der Waals surface area contributed by atoms with E-state index in [1.807, 2.05) is 6.07 Å². The van der Waals surface area contributed by atoms with Crippen LogP contribution in [-0.2, 0) is 65.4 Å². The van der Waals surface area contributed by atoms with Crippen LogP contribution in [0.15, 0.2) is 121 Å². The molecule has 2 fully saturated rings. The zero-order valence-electron chi connectivity index (χ0n) is 33.3. The van der Waals surface area contributed by atoms with Crippen molar-refractivity contribution in [3.63, 3.8) is 0 Å². The lowest BCUT2D eigenvalue weighted by molar-refractivity contribution is -0.345. The normalized spacial score (nSPS) is 26.2. The molecule has 0 radical (unpaired) electrons. The van der Waals surface area contributed by atoms with Crippen molar-refractivity contribution in [1.82, 2.24) is 5.32 Å². The lowest BCUT2D eigenvalue weighted by Gasteiger charge is -2.49. The summed E-state index contributed by atoms with van der Waals surface area (Å²) in [7, 11) is 2.36. The van der Waals surface area contributed by atoms with Crippen LogP contribution >= 0.6 is 34.8 Å². The summed E-state index contributed by atoms with van der Waals surface area (Å²) in [5.41, 5.74) is 1.76. The minimum atomic E-state index is -2.50. The number of hydrogen-bond acceptors (Lipinski definition) is 14. The quantitative estimate of drug-likeness (QED) is 0.0859. The number of halogens is 3. The van der Waals surface area contributed by atoms with E-state index in [9.17, 15) is 24.3 Å². The second-order valence-corrected chi connectivity index (χ2v) is 16.3. The molecule has 2 heterocycles. The number of benzene rings is 4. The maximum absolute atomic E-state index is 13.8. The first-order valence-electron chi connectivity index (χ1n) is 19.3. The molecular formula is C44H44Cl3NO14. The molecule has 4 aromatic carbocycles. The number of hydrogen-bond donors (Lipinski definition) is 2. The molecule has 10 atom stereocenters. The van der Waals surface area contributed by atoms with Gasteiger partial charge in [-0.15, -0.1) is 0 Å². The van der Waals surface area contributed by atoms with Crippen molar-refractivity contribution >= 4 is 58.6 Å². The number of aliphatic hydroxyl groups excluding tert-OH is 1. The maximum Gasteiger partial charge on any atom is 0.338 e. The molecule has 330 valence electrons. The van der Waals surface area contributed by atoms with E-state index < -0.39 is 95.6 Å². The summed E-state index contributed by atoms with van der Waals surface area (Å²) >= 11 is 18.1. The highest BCUT2D eigenvalue weighted by atomic mass is 35.6. The van der Waals surface area contributed by atoms with Gasteiger partial charge in [0.25, 0.3) is 9.70 Å². The van der Waals surface area contributed by atoms with Crippen molar-refractivity contribution in [2.24, 2.45) is 0 Å². The fourth-order valence-electron chi connectivity index (χ4n) is 6.82. The molecule has 2 aliphatic rings. The number of carbonyl (C=O) groups is 4. The molecule has 0 unspecified atom stereocenters. The first-order valence-corrected chi connectivity index (χ1v) is 20.4. The van der Waals surface area contributed by atoms with Crippen LogP contribution in [0.25, 0.3) is 0 Å². The number of ether oxygens (including phenoxy) is 9. The molecule has 0 aromatic heterocycles. The highest BCUT2D eigenvalue weighted by Gasteiger charge is 2.56. The Balaban J connectivity index is 1.44. The molecule has 2 N–H and O–H groups in total. The summed E-state index contributed by atoms with van der Waals surface area (Å²) in [6, 6.07) is 32.7. The number of amides is 1. The summed E-state index contributed by atoms with van der Waals surface area (Å²) in [5.74, 6) is -3.69. The predicted molar refractivity (Wildman–Crippen MR) is 222 cm³/mol. The van der Waals surface area contributed by atoms with E-state index in [1.54, 1.807) is 103 Å². The summed E-state index contributed by atoms with van der Waals surface area (Å²) < 4.78 is 52.0. The lowest BCUT2D eigenvalue weighted by atomic mass is 9.94. The van der Waals surface area contributed by atoms with Gasteiger partial charge in [0.2, 0.25) is 0 Å². The fourth-order valence-corrected chi connectivity index (χ4v) is 6.98. The summed E-state index contributed by atoms with van der Waals surface area (Å²) in [5, 5.41) is 14.3. The van der Waals surface area contributed by atoms with Gasteiger partial charge < -0.3 is 53.1 Å². The number of methoxy groups -OCH3 is 2. The molecule has 62 heavy (non-hydrogen) atoms. The molecule has 6 rings (SSSR count). The standard InChI is InChI=1S/C44H44Cl3NO14/c1-54-40(52)36-32(49)35(57-24-27-17-9-4-10-18-27)37(60-39(51)29-21-13-6-14-22-29)42(62-36)61-34-31(48-43(53)44(45,46)47)41(55-2)59-30(25-58-38(50)28-19-11-5-12-20-28)33(34)56-23-26-15-7-3-8-16-26/h3-22,30-37,41-42,49H,23-25H2,1-2H3,(H,48,53)/t30-,31-,32+,33+,34-,35+,36+,37-,41-,42-/m1/s1. The van der Waals surface area contributed by atoms with Gasteiger partial charge in [-0.25, -0.2) is 14.4 Å². The Morgan fingerprint density at radius 2 is 1.18 bits per heavy atom. The zero-order chi connectivity index (χ0) is 44.2. The molecule has 0 spiro atoms. The van der Waals surface area contributed by atoms with Crippen molar-refractivity contribution in [2.45, 2.75) is 78.4 Å². The van der Waals surface area contributed by atoms with E-state index in [4.69, 9.17) is 77.4 Å². The molecule has 0 saturated carbocycles. The van der Waals surface area contributed by atoms with Crippen LogP contribution in [0.4, 0.5) is 0 Å². The number of alkyl halides is 3. The third-order valence-corrected chi connectivity index (χ3v) is 10.4. The lowest BCUT2D eigenvalue weighted by Crippen LogP contribution is -2.69. The number of aliphatic hydroxyl groups is 1. The Hall–Kier alpha value is -4.65. The number of esters is 3. The highest BCUT2D eigenvalue weighted by molar-refractivity contribution is 6.76. The predicted octanol–water partition coefficient (Wildman–Crippen LogP) is 5.11. The van der Waals surface area contributed by atoms with Crippen LogP contribution in [0, 0.1) is 0 Å². The van der Waals surface area contributed by atoms with E-state index in [-0.39, 0.29) is 24.3 Å².